The molecule has 1 saturated heterocycles. The van der Waals surface area contributed by atoms with Crippen LogP contribution in [0.15, 0.2) is 24.3 Å². The fraction of sp³-hybridized carbons (Fsp3) is 0.333. The van der Waals surface area contributed by atoms with Crippen molar-refractivity contribution in [2.24, 2.45) is 0 Å². The van der Waals surface area contributed by atoms with Crippen LogP contribution in [0, 0.1) is 0 Å². The van der Waals surface area contributed by atoms with Crippen LogP contribution in [-0.4, -0.2) is 20.3 Å². The number of fused-ring (bicyclic) bond motifs is 3. The van der Waals surface area contributed by atoms with Crippen LogP contribution in [-0.2, 0) is 11.1 Å². The molecule has 2 heterocycles. The second kappa shape index (κ2) is 2.27. The molecule has 59 valence electrons. The fourth-order valence-electron chi connectivity index (χ4n) is 2.00. The molecule has 0 unspecified atom stereocenters. The molecule has 0 aliphatic carbocycles. The van der Waals surface area contributed by atoms with E-state index >= 15 is 0 Å². The van der Waals surface area contributed by atoms with E-state index in [9.17, 15) is 0 Å². The second-order valence-electron chi connectivity index (χ2n) is 3.33. The minimum absolute atomic E-state index is 0.558. The van der Waals surface area contributed by atoms with E-state index in [-0.39, 0.29) is 0 Å². The SMILES string of the molecule is [B]1OC[C@@H]2Cc3ccccc3N12. The summed E-state index contributed by atoms with van der Waals surface area (Å²) in [5.41, 5.74) is 2.77. The summed E-state index contributed by atoms with van der Waals surface area (Å²) in [7, 11) is 1.84. The van der Waals surface area contributed by atoms with E-state index in [0.717, 1.165) is 13.0 Å². The van der Waals surface area contributed by atoms with Crippen LogP contribution in [0.1, 0.15) is 5.56 Å². The third-order valence-corrected chi connectivity index (χ3v) is 2.60. The van der Waals surface area contributed by atoms with Crippen molar-refractivity contribution in [2.45, 2.75) is 12.5 Å². The van der Waals surface area contributed by atoms with Crippen molar-refractivity contribution in [3.05, 3.63) is 29.8 Å². The van der Waals surface area contributed by atoms with Crippen molar-refractivity contribution in [1.82, 2.24) is 0 Å². The molecular weight excluding hydrogens is 149 g/mol. The van der Waals surface area contributed by atoms with Gasteiger partial charge in [0.15, 0.2) is 0 Å². The van der Waals surface area contributed by atoms with E-state index in [2.05, 4.69) is 29.1 Å². The maximum absolute atomic E-state index is 5.27. The molecule has 2 nitrogen and oxygen atoms in total. The molecule has 0 bridgehead atoms. The molecule has 0 saturated carbocycles. The van der Waals surface area contributed by atoms with Crippen LogP contribution in [0.25, 0.3) is 0 Å². The number of nitrogens with zero attached hydrogens (tertiary/aromatic N) is 1. The van der Waals surface area contributed by atoms with Crippen molar-refractivity contribution in [2.75, 3.05) is 11.4 Å². The van der Waals surface area contributed by atoms with Crippen molar-refractivity contribution in [1.29, 1.82) is 0 Å². The summed E-state index contributed by atoms with van der Waals surface area (Å²) < 4.78 is 5.27. The van der Waals surface area contributed by atoms with Gasteiger partial charge in [-0.25, -0.2) is 0 Å². The van der Waals surface area contributed by atoms with E-state index in [1.54, 1.807) is 0 Å². The minimum Gasteiger partial charge on any atom is -0.417 e. The number of hydrogen-bond acceptors (Lipinski definition) is 2. The highest BCUT2D eigenvalue weighted by atomic mass is 16.4. The van der Waals surface area contributed by atoms with Crippen molar-refractivity contribution < 1.29 is 4.65 Å². The van der Waals surface area contributed by atoms with Gasteiger partial charge in [-0.3, -0.25) is 0 Å². The molecule has 3 rings (SSSR count). The molecule has 3 heteroatoms. The standard InChI is InChI=1S/C9H9BNO/c1-2-4-9-7(3-1)5-8-6-12-10-11(8)9/h1-4,8H,5-6H2/t8-/m0/s1. The van der Waals surface area contributed by atoms with Gasteiger partial charge in [-0.05, 0) is 18.1 Å². The lowest BCUT2D eigenvalue weighted by Crippen LogP contribution is -2.27. The molecule has 2 aliphatic rings. The van der Waals surface area contributed by atoms with Crippen LogP contribution in [0.4, 0.5) is 5.69 Å². The fourth-order valence-corrected chi connectivity index (χ4v) is 2.00. The number of rotatable bonds is 0. The molecule has 1 aromatic rings. The zero-order chi connectivity index (χ0) is 7.97. The van der Waals surface area contributed by atoms with Gasteiger partial charge in [-0.2, -0.15) is 0 Å². The first-order valence-electron chi connectivity index (χ1n) is 4.26. The van der Waals surface area contributed by atoms with Gasteiger partial charge in [-0.1, -0.05) is 18.2 Å². The highest BCUT2D eigenvalue weighted by Gasteiger charge is 2.34. The summed E-state index contributed by atoms with van der Waals surface area (Å²) >= 11 is 0. The topological polar surface area (TPSA) is 12.5 Å². The highest BCUT2D eigenvalue weighted by molar-refractivity contribution is 6.36. The summed E-state index contributed by atoms with van der Waals surface area (Å²) in [6.45, 7) is 0.842. The lowest BCUT2D eigenvalue weighted by Gasteiger charge is -2.14. The van der Waals surface area contributed by atoms with Gasteiger partial charge in [0.05, 0.1) is 0 Å². The van der Waals surface area contributed by atoms with Gasteiger partial charge in [-0.15, -0.1) is 0 Å². The maximum Gasteiger partial charge on any atom is 0.439 e. The Morgan fingerprint density at radius 3 is 3.33 bits per heavy atom. The third-order valence-electron chi connectivity index (χ3n) is 2.60. The molecule has 0 aromatic heterocycles. The summed E-state index contributed by atoms with van der Waals surface area (Å²) in [6, 6.07) is 9.08. The monoisotopic (exact) mass is 158 g/mol. The number of para-hydroxylation sites is 1. The minimum atomic E-state index is 0.558. The molecule has 12 heavy (non-hydrogen) atoms. The molecule has 0 spiro atoms. The Bertz CT molecular complexity index is 315. The Morgan fingerprint density at radius 2 is 2.33 bits per heavy atom. The summed E-state index contributed by atoms with van der Waals surface area (Å²) in [5.74, 6) is 0. The molecule has 0 amide bonds. The maximum atomic E-state index is 5.27. The van der Waals surface area contributed by atoms with Crippen LogP contribution < -0.4 is 4.81 Å². The van der Waals surface area contributed by atoms with E-state index in [0.29, 0.717) is 6.04 Å². The Hall–Kier alpha value is -0.955. The van der Waals surface area contributed by atoms with Gasteiger partial charge >= 0.3 is 7.62 Å². The predicted octanol–water partition coefficient (Wildman–Crippen LogP) is 0.982. The first kappa shape index (κ1) is 6.55. The average molecular weight is 158 g/mol. The van der Waals surface area contributed by atoms with Gasteiger partial charge in [0.25, 0.3) is 0 Å². The lowest BCUT2D eigenvalue weighted by molar-refractivity contribution is 0.352. The van der Waals surface area contributed by atoms with Gasteiger partial charge < -0.3 is 9.47 Å². The number of anilines is 1. The van der Waals surface area contributed by atoms with E-state index in [4.69, 9.17) is 4.65 Å². The van der Waals surface area contributed by atoms with Gasteiger partial charge in [0, 0.05) is 18.3 Å². The van der Waals surface area contributed by atoms with Crippen molar-refractivity contribution in [3.63, 3.8) is 0 Å². The molecule has 1 fully saturated rings. The van der Waals surface area contributed by atoms with Crippen LogP contribution in [0.2, 0.25) is 0 Å². The molecule has 2 aliphatic heterocycles. The Kier molecular flexibility index (Phi) is 1.24. The Labute approximate surface area is 72.4 Å². The smallest absolute Gasteiger partial charge is 0.417 e. The molecule has 1 radical (unpaired) electrons. The van der Waals surface area contributed by atoms with E-state index in [1.807, 2.05) is 7.62 Å². The highest BCUT2D eigenvalue weighted by Crippen LogP contribution is 2.33. The summed E-state index contributed by atoms with van der Waals surface area (Å²) in [5, 5.41) is 0. The molecular formula is C9H9BNO. The zero-order valence-electron chi connectivity index (χ0n) is 6.73. The number of benzene rings is 1. The van der Waals surface area contributed by atoms with Gasteiger partial charge in [0.1, 0.15) is 0 Å². The number of hydrogen-bond donors (Lipinski definition) is 0. The van der Waals surface area contributed by atoms with Crippen LogP contribution in [0.3, 0.4) is 0 Å². The van der Waals surface area contributed by atoms with Crippen LogP contribution >= 0.6 is 0 Å². The first-order chi connectivity index (χ1) is 5.95. The third kappa shape index (κ3) is 0.744. The Balaban J connectivity index is 2.09. The Morgan fingerprint density at radius 1 is 1.42 bits per heavy atom. The van der Waals surface area contributed by atoms with E-state index < -0.39 is 0 Å². The summed E-state index contributed by atoms with van der Waals surface area (Å²) in [6.07, 6.45) is 1.13. The first-order valence-corrected chi connectivity index (χ1v) is 4.26. The second-order valence-corrected chi connectivity index (χ2v) is 3.33. The normalized spacial score (nSPS) is 25.0. The van der Waals surface area contributed by atoms with Crippen molar-refractivity contribution >= 4 is 13.3 Å². The largest absolute Gasteiger partial charge is 0.439 e. The van der Waals surface area contributed by atoms with Crippen LogP contribution in [0.5, 0.6) is 0 Å². The quantitative estimate of drug-likeness (QED) is 0.522. The summed E-state index contributed by atoms with van der Waals surface area (Å²) in [4.78, 5) is 2.23. The van der Waals surface area contributed by atoms with Gasteiger partial charge in [0.2, 0.25) is 0 Å². The lowest BCUT2D eigenvalue weighted by atomic mass is 10.1. The predicted molar refractivity (Wildman–Crippen MR) is 48.1 cm³/mol. The molecule has 1 atom stereocenters. The zero-order valence-corrected chi connectivity index (χ0v) is 6.73. The molecule has 0 N–H and O–H groups in total. The van der Waals surface area contributed by atoms with Crippen molar-refractivity contribution in [3.8, 4) is 0 Å². The average Bonchev–Trinajstić information content (AvgIpc) is 2.62. The molecule has 1 aromatic carbocycles. The van der Waals surface area contributed by atoms with E-state index in [1.165, 1.54) is 11.3 Å².